The predicted octanol–water partition coefficient (Wildman–Crippen LogP) is 4.53. The average Bonchev–Trinajstić information content (AvgIpc) is 2.39. The Morgan fingerprint density at radius 1 is 1.05 bits per heavy atom. The number of ether oxygens (including phenoxy) is 1. The van der Waals surface area contributed by atoms with Gasteiger partial charge in [0.05, 0.1) is 10.0 Å². The number of nitriles is 1. The summed E-state index contributed by atoms with van der Waals surface area (Å²) in [5, 5.41) is 8.71. The first-order valence-corrected chi connectivity index (χ1v) is 5.83. The number of hydrogen-bond donors (Lipinski definition) is 0. The van der Waals surface area contributed by atoms with Crippen molar-refractivity contribution in [3.63, 3.8) is 0 Å². The Morgan fingerprint density at radius 3 is 2.47 bits per heavy atom. The predicted molar refractivity (Wildman–Crippen MR) is 65.2 cm³/mol. The Hall–Kier alpha value is -2.00. The summed E-state index contributed by atoms with van der Waals surface area (Å²) in [6.07, 6.45) is 0. The van der Waals surface area contributed by atoms with Crippen LogP contribution in [0.5, 0.6) is 11.5 Å². The maximum absolute atomic E-state index is 13.8. The van der Waals surface area contributed by atoms with E-state index in [1.165, 1.54) is 12.1 Å². The zero-order valence-corrected chi connectivity index (χ0v) is 10.8. The van der Waals surface area contributed by atoms with E-state index in [9.17, 15) is 13.2 Å². The molecule has 0 heterocycles. The van der Waals surface area contributed by atoms with Crippen LogP contribution in [-0.4, -0.2) is 0 Å². The third-order valence-electron chi connectivity index (χ3n) is 2.28. The van der Waals surface area contributed by atoms with Crippen molar-refractivity contribution in [3.8, 4) is 17.6 Å². The van der Waals surface area contributed by atoms with Crippen LogP contribution in [0.4, 0.5) is 13.2 Å². The van der Waals surface area contributed by atoms with Crippen LogP contribution >= 0.6 is 15.9 Å². The molecule has 0 spiro atoms. The van der Waals surface area contributed by atoms with Crippen LogP contribution in [0.1, 0.15) is 5.56 Å². The molecule has 6 heteroatoms. The van der Waals surface area contributed by atoms with E-state index in [-0.39, 0.29) is 15.8 Å². The largest absolute Gasteiger partial charge is 0.451 e. The number of hydrogen-bond acceptors (Lipinski definition) is 2. The summed E-state index contributed by atoms with van der Waals surface area (Å²) in [5.74, 6) is -3.13. The Kier molecular flexibility index (Phi) is 3.76. The Morgan fingerprint density at radius 2 is 1.79 bits per heavy atom. The van der Waals surface area contributed by atoms with E-state index in [4.69, 9.17) is 10.00 Å². The maximum atomic E-state index is 13.8. The molecule has 2 rings (SSSR count). The molecule has 2 aromatic rings. The molecule has 0 aliphatic carbocycles. The van der Waals surface area contributed by atoms with E-state index in [2.05, 4.69) is 15.9 Å². The standard InChI is InChI=1S/C13H5BrF3NO/c14-12-7(6-18)1-4-10(13(12)17)19-11-5-8(15)2-3-9(11)16/h1-5H. The molecule has 19 heavy (non-hydrogen) atoms. The molecule has 2 nitrogen and oxygen atoms in total. The normalized spacial score (nSPS) is 10.1. The van der Waals surface area contributed by atoms with Gasteiger partial charge >= 0.3 is 0 Å². The topological polar surface area (TPSA) is 33.0 Å². The van der Waals surface area contributed by atoms with Gasteiger partial charge in [0.2, 0.25) is 0 Å². The van der Waals surface area contributed by atoms with E-state index < -0.39 is 23.2 Å². The summed E-state index contributed by atoms with van der Waals surface area (Å²) >= 11 is 2.89. The molecule has 0 saturated carbocycles. The third-order valence-corrected chi connectivity index (χ3v) is 3.06. The van der Waals surface area contributed by atoms with Crippen LogP contribution in [0.3, 0.4) is 0 Å². The van der Waals surface area contributed by atoms with Crippen LogP contribution in [0.15, 0.2) is 34.8 Å². The van der Waals surface area contributed by atoms with Gasteiger partial charge in [0, 0.05) is 6.07 Å². The molecule has 0 bridgehead atoms. The minimum atomic E-state index is -0.859. The van der Waals surface area contributed by atoms with Crippen LogP contribution in [0, 0.1) is 28.8 Å². The molecular formula is C13H5BrF3NO. The maximum Gasteiger partial charge on any atom is 0.181 e. The summed E-state index contributed by atoms with van der Waals surface area (Å²) in [5.41, 5.74) is 0.0737. The molecule has 0 atom stereocenters. The van der Waals surface area contributed by atoms with Gasteiger partial charge in [0.15, 0.2) is 23.1 Å². The van der Waals surface area contributed by atoms with Crippen molar-refractivity contribution in [1.29, 1.82) is 5.26 Å². The molecule has 0 radical (unpaired) electrons. The number of benzene rings is 2. The lowest BCUT2D eigenvalue weighted by molar-refractivity contribution is 0.409. The highest BCUT2D eigenvalue weighted by atomic mass is 79.9. The van der Waals surface area contributed by atoms with Crippen molar-refractivity contribution in [2.75, 3.05) is 0 Å². The lowest BCUT2D eigenvalue weighted by atomic mass is 10.2. The van der Waals surface area contributed by atoms with Crippen molar-refractivity contribution >= 4 is 15.9 Å². The van der Waals surface area contributed by atoms with Gasteiger partial charge in [-0.1, -0.05) is 0 Å². The molecule has 0 saturated heterocycles. The smallest absolute Gasteiger partial charge is 0.181 e. The van der Waals surface area contributed by atoms with Crippen LogP contribution in [0.2, 0.25) is 0 Å². The number of rotatable bonds is 2. The number of nitrogens with zero attached hydrogens (tertiary/aromatic N) is 1. The monoisotopic (exact) mass is 327 g/mol. The van der Waals surface area contributed by atoms with Crippen molar-refractivity contribution < 1.29 is 17.9 Å². The van der Waals surface area contributed by atoms with E-state index in [1.54, 1.807) is 6.07 Å². The molecule has 0 aliphatic rings. The summed E-state index contributed by atoms with van der Waals surface area (Å²) in [4.78, 5) is 0. The fourth-order valence-corrected chi connectivity index (χ4v) is 1.79. The van der Waals surface area contributed by atoms with Gasteiger partial charge in [-0.05, 0) is 40.2 Å². The first kappa shape index (κ1) is 13.4. The highest BCUT2D eigenvalue weighted by Crippen LogP contribution is 2.32. The minimum Gasteiger partial charge on any atom is -0.451 e. The van der Waals surface area contributed by atoms with Gasteiger partial charge in [-0.15, -0.1) is 0 Å². The van der Waals surface area contributed by atoms with Gasteiger partial charge in [0.25, 0.3) is 0 Å². The highest BCUT2D eigenvalue weighted by Gasteiger charge is 2.15. The van der Waals surface area contributed by atoms with E-state index in [0.717, 1.165) is 18.2 Å². The minimum absolute atomic E-state index is 0.0737. The summed E-state index contributed by atoms with van der Waals surface area (Å²) in [7, 11) is 0. The summed E-state index contributed by atoms with van der Waals surface area (Å²) in [6, 6.07) is 6.85. The second kappa shape index (κ2) is 5.33. The molecule has 0 unspecified atom stereocenters. The van der Waals surface area contributed by atoms with E-state index >= 15 is 0 Å². The van der Waals surface area contributed by atoms with Crippen LogP contribution < -0.4 is 4.74 Å². The molecular weight excluding hydrogens is 323 g/mol. The van der Waals surface area contributed by atoms with Crippen LogP contribution in [-0.2, 0) is 0 Å². The molecule has 0 amide bonds. The van der Waals surface area contributed by atoms with Gasteiger partial charge in [-0.2, -0.15) is 5.26 Å². The second-order valence-electron chi connectivity index (χ2n) is 3.53. The SMILES string of the molecule is N#Cc1ccc(Oc2cc(F)ccc2F)c(F)c1Br. The van der Waals surface area contributed by atoms with E-state index in [1.807, 2.05) is 0 Å². The van der Waals surface area contributed by atoms with Gasteiger partial charge in [0.1, 0.15) is 11.9 Å². The van der Waals surface area contributed by atoms with Crippen molar-refractivity contribution in [3.05, 3.63) is 57.8 Å². The zero-order valence-electron chi connectivity index (χ0n) is 9.25. The first-order valence-electron chi connectivity index (χ1n) is 5.04. The molecule has 0 fully saturated rings. The molecule has 2 aromatic carbocycles. The van der Waals surface area contributed by atoms with Gasteiger partial charge in [-0.3, -0.25) is 0 Å². The summed E-state index contributed by atoms with van der Waals surface area (Å²) in [6.45, 7) is 0. The quantitative estimate of drug-likeness (QED) is 0.811. The second-order valence-corrected chi connectivity index (χ2v) is 4.32. The molecule has 0 N–H and O–H groups in total. The Balaban J connectivity index is 2.42. The third kappa shape index (κ3) is 2.71. The first-order chi connectivity index (χ1) is 9.02. The van der Waals surface area contributed by atoms with Crippen molar-refractivity contribution in [2.24, 2.45) is 0 Å². The lowest BCUT2D eigenvalue weighted by Gasteiger charge is -2.09. The molecule has 0 aliphatic heterocycles. The Bertz CT molecular complexity index is 682. The zero-order chi connectivity index (χ0) is 14.0. The highest BCUT2D eigenvalue weighted by molar-refractivity contribution is 9.10. The summed E-state index contributed by atoms with van der Waals surface area (Å²) < 4.78 is 45.0. The average molecular weight is 328 g/mol. The van der Waals surface area contributed by atoms with Gasteiger partial charge in [-0.25, -0.2) is 13.2 Å². The molecule has 0 aromatic heterocycles. The fourth-order valence-electron chi connectivity index (χ4n) is 1.37. The van der Waals surface area contributed by atoms with Crippen molar-refractivity contribution in [1.82, 2.24) is 0 Å². The molecule has 96 valence electrons. The van der Waals surface area contributed by atoms with Crippen LogP contribution in [0.25, 0.3) is 0 Å². The van der Waals surface area contributed by atoms with E-state index in [0.29, 0.717) is 0 Å². The lowest BCUT2D eigenvalue weighted by Crippen LogP contribution is -1.94. The fraction of sp³-hybridized carbons (Fsp3) is 0. The van der Waals surface area contributed by atoms with Gasteiger partial charge < -0.3 is 4.74 Å². The van der Waals surface area contributed by atoms with Crippen molar-refractivity contribution in [2.45, 2.75) is 0 Å². The number of halogens is 4. The Labute approximate surface area is 115 Å².